The van der Waals surface area contributed by atoms with E-state index in [0.717, 1.165) is 18.9 Å². The average molecular weight is 435 g/mol. The van der Waals surface area contributed by atoms with Gasteiger partial charge in [0.15, 0.2) is 11.5 Å². The summed E-state index contributed by atoms with van der Waals surface area (Å²) in [5, 5.41) is 13.9. The molecular formula is C19H21N3O7S. The van der Waals surface area contributed by atoms with Crippen molar-refractivity contribution in [1.82, 2.24) is 4.31 Å². The molecule has 0 saturated carbocycles. The van der Waals surface area contributed by atoms with Crippen molar-refractivity contribution < 1.29 is 27.6 Å². The summed E-state index contributed by atoms with van der Waals surface area (Å²) in [6, 6.07) is 8.00. The molecule has 1 aliphatic rings. The molecule has 0 atom stereocenters. The van der Waals surface area contributed by atoms with Crippen LogP contribution in [0.15, 0.2) is 41.3 Å². The third-order valence-corrected chi connectivity index (χ3v) is 6.67. The predicted octanol–water partition coefficient (Wildman–Crippen LogP) is 2.65. The van der Waals surface area contributed by atoms with E-state index in [1.165, 1.54) is 48.9 Å². The number of nitrogens with one attached hydrogen (secondary N) is 1. The maximum absolute atomic E-state index is 12.7. The Balaban J connectivity index is 1.85. The van der Waals surface area contributed by atoms with Crippen LogP contribution >= 0.6 is 0 Å². The number of carbonyl (C=O) groups excluding carboxylic acids is 1. The number of nitrogens with zero attached hydrogens (tertiary/aromatic N) is 2. The van der Waals surface area contributed by atoms with Crippen LogP contribution in [0, 0.1) is 10.1 Å². The van der Waals surface area contributed by atoms with Crippen LogP contribution in [0.2, 0.25) is 0 Å². The SMILES string of the molecule is COc1cc(C(=O)Nc2ccc(S(=O)(=O)N3CCCC3)cc2)c([N+](=O)[O-])cc1OC. The Hall–Kier alpha value is -3.18. The van der Waals surface area contributed by atoms with Crippen LogP contribution in [-0.2, 0) is 10.0 Å². The van der Waals surface area contributed by atoms with Crippen molar-refractivity contribution >= 4 is 27.3 Å². The van der Waals surface area contributed by atoms with Crippen molar-refractivity contribution in [1.29, 1.82) is 0 Å². The smallest absolute Gasteiger partial charge is 0.286 e. The van der Waals surface area contributed by atoms with Gasteiger partial charge in [-0.15, -0.1) is 0 Å². The van der Waals surface area contributed by atoms with E-state index in [2.05, 4.69) is 5.32 Å². The van der Waals surface area contributed by atoms with Gasteiger partial charge in [0.05, 0.1) is 30.1 Å². The first-order valence-corrected chi connectivity index (χ1v) is 10.5. The number of amides is 1. The first-order valence-electron chi connectivity index (χ1n) is 9.10. The average Bonchev–Trinajstić information content (AvgIpc) is 3.28. The molecule has 11 heteroatoms. The fourth-order valence-corrected chi connectivity index (χ4v) is 4.70. The highest BCUT2D eigenvalue weighted by atomic mass is 32.2. The number of ether oxygens (including phenoxy) is 2. The lowest BCUT2D eigenvalue weighted by atomic mass is 10.1. The summed E-state index contributed by atoms with van der Waals surface area (Å²) >= 11 is 0. The number of carbonyl (C=O) groups is 1. The van der Waals surface area contributed by atoms with Crippen LogP contribution in [0.3, 0.4) is 0 Å². The Bertz CT molecular complexity index is 1060. The fraction of sp³-hybridized carbons (Fsp3) is 0.316. The Labute approximate surface area is 173 Å². The molecule has 160 valence electrons. The van der Waals surface area contributed by atoms with Gasteiger partial charge in [-0.2, -0.15) is 4.31 Å². The second kappa shape index (κ2) is 8.67. The van der Waals surface area contributed by atoms with Crippen LogP contribution < -0.4 is 14.8 Å². The van der Waals surface area contributed by atoms with E-state index >= 15 is 0 Å². The molecule has 1 saturated heterocycles. The zero-order chi connectivity index (χ0) is 21.9. The summed E-state index contributed by atoms with van der Waals surface area (Å²) in [5.74, 6) is -0.449. The molecule has 1 amide bonds. The molecule has 2 aromatic carbocycles. The van der Waals surface area contributed by atoms with E-state index in [9.17, 15) is 23.3 Å². The van der Waals surface area contributed by atoms with Gasteiger partial charge in [0, 0.05) is 24.8 Å². The van der Waals surface area contributed by atoms with E-state index in [-0.39, 0.29) is 22.0 Å². The summed E-state index contributed by atoms with van der Waals surface area (Å²) in [6.07, 6.45) is 1.66. The van der Waals surface area contributed by atoms with Gasteiger partial charge >= 0.3 is 0 Å². The van der Waals surface area contributed by atoms with E-state index in [4.69, 9.17) is 9.47 Å². The minimum atomic E-state index is -3.57. The Kier molecular flexibility index (Phi) is 6.22. The highest BCUT2D eigenvalue weighted by Gasteiger charge is 2.27. The third kappa shape index (κ3) is 4.21. The summed E-state index contributed by atoms with van der Waals surface area (Å²) in [5.41, 5.74) is -0.366. The van der Waals surface area contributed by atoms with Crippen LogP contribution in [0.1, 0.15) is 23.2 Å². The number of hydrogen-bond donors (Lipinski definition) is 1. The lowest BCUT2D eigenvalue weighted by Crippen LogP contribution is -2.27. The summed E-state index contributed by atoms with van der Waals surface area (Å²) in [4.78, 5) is 23.5. The zero-order valence-corrected chi connectivity index (χ0v) is 17.3. The molecule has 0 aromatic heterocycles. The van der Waals surface area contributed by atoms with Crippen molar-refractivity contribution in [2.75, 3.05) is 32.6 Å². The largest absolute Gasteiger partial charge is 0.493 e. The van der Waals surface area contributed by atoms with E-state index in [1.807, 2.05) is 0 Å². The Morgan fingerprint density at radius 3 is 2.17 bits per heavy atom. The second-order valence-electron chi connectivity index (χ2n) is 6.57. The van der Waals surface area contributed by atoms with Gasteiger partial charge in [-0.05, 0) is 37.1 Å². The molecule has 0 aliphatic carbocycles. The van der Waals surface area contributed by atoms with Crippen molar-refractivity contribution in [3.8, 4) is 11.5 Å². The normalized spacial score (nSPS) is 14.3. The van der Waals surface area contributed by atoms with Crippen molar-refractivity contribution in [3.05, 3.63) is 52.1 Å². The summed E-state index contributed by atoms with van der Waals surface area (Å²) in [7, 11) is -0.885. The molecule has 30 heavy (non-hydrogen) atoms. The van der Waals surface area contributed by atoms with Gasteiger partial charge < -0.3 is 14.8 Å². The zero-order valence-electron chi connectivity index (χ0n) is 16.5. The van der Waals surface area contributed by atoms with Crippen LogP contribution in [0.5, 0.6) is 11.5 Å². The molecule has 1 N–H and O–H groups in total. The minimum absolute atomic E-state index is 0.122. The van der Waals surface area contributed by atoms with E-state index in [0.29, 0.717) is 18.8 Å². The highest BCUT2D eigenvalue weighted by Crippen LogP contribution is 2.35. The number of methoxy groups -OCH3 is 2. The molecule has 0 unspecified atom stereocenters. The maximum atomic E-state index is 12.7. The molecule has 0 radical (unpaired) electrons. The minimum Gasteiger partial charge on any atom is -0.493 e. The Morgan fingerprint density at radius 2 is 1.63 bits per heavy atom. The molecule has 1 heterocycles. The van der Waals surface area contributed by atoms with Gasteiger partial charge in [0.25, 0.3) is 11.6 Å². The monoisotopic (exact) mass is 435 g/mol. The lowest BCUT2D eigenvalue weighted by Gasteiger charge is -2.15. The number of sulfonamides is 1. The third-order valence-electron chi connectivity index (χ3n) is 4.76. The topological polar surface area (TPSA) is 128 Å². The number of hydrogen-bond acceptors (Lipinski definition) is 7. The molecule has 3 rings (SSSR count). The van der Waals surface area contributed by atoms with E-state index < -0.39 is 26.5 Å². The van der Waals surface area contributed by atoms with Gasteiger partial charge in [-0.25, -0.2) is 8.42 Å². The van der Waals surface area contributed by atoms with Crippen LogP contribution in [-0.4, -0.2) is 50.9 Å². The molecule has 10 nitrogen and oxygen atoms in total. The molecule has 2 aromatic rings. The van der Waals surface area contributed by atoms with Crippen molar-refractivity contribution in [2.45, 2.75) is 17.7 Å². The molecule has 0 bridgehead atoms. The maximum Gasteiger partial charge on any atom is 0.286 e. The standard InChI is InChI=1S/C19H21N3O7S/c1-28-17-11-15(16(22(24)25)12-18(17)29-2)19(23)20-13-5-7-14(8-6-13)30(26,27)21-9-3-4-10-21/h5-8,11-12H,3-4,9-10H2,1-2H3,(H,20,23). The number of nitro groups is 1. The first kappa shape index (κ1) is 21.5. The highest BCUT2D eigenvalue weighted by molar-refractivity contribution is 7.89. The van der Waals surface area contributed by atoms with Crippen LogP contribution in [0.25, 0.3) is 0 Å². The van der Waals surface area contributed by atoms with Gasteiger partial charge in [0.2, 0.25) is 10.0 Å². The lowest BCUT2D eigenvalue weighted by molar-refractivity contribution is -0.385. The number of nitro benzene ring substituents is 1. The van der Waals surface area contributed by atoms with Crippen molar-refractivity contribution in [2.24, 2.45) is 0 Å². The molecule has 0 spiro atoms. The van der Waals surface area contributed by atoms with Crippen LogP contribution in [0.4, 0.5) is 11.4 Å². The summed E-state index contributed by atoms with van der Waals surface area (Å²) in [6.45, 7) is 0.980. The predicted molar refractivity (Wildman–Crippen MR) is 109 cm³/mol. The fourth-order valence-electron chi connectivity index (χ4n) is 3.19. The first-order chi connectivity index (χ1) is 14.3. The van der Waals surface area contributed by atoms with Crippen molar-refractivity contribution in [3.63, 3.8) is 0 Å². The van der Waals surface area contributed by atoms with Gasteiger partial charge in [-0.3, -0.25) is 14.9 Å². The molecule has 1 fully saturated rings. The van der Waals surface area contributed by atoms with E-state index in [1.54, 1.807) is 0 Å². The second-order valence-corrected chi connectivity index (χ2v) is 8.51. The molecular weight excluding hydrogens is 414 g/mol. The number of anilines is 1. The Morgan fingerprint density at radius 1 is 1.07 bits per heavy atom. The number of benzene rings is 2. The quantitative estimate of drug-likeness (QED) is 0.523. The summed E-state index contributed by atoms with van der Waals surface area (Å²) < 4.78 is 36.7. The van der Waals surface area contributed by atoms with Gasteiger partial charge in [0.1, 0.15) is 5.56 Å². The molecule has 1 aliphatic heterocycles. The van der Waals surface area contributed by atoms with Gasteiger partial charge in [-0.1, -0.05) is 0 Å². The number of rotatable bonds is 7.